The molecule has 0 fully saturated rings. The molecule has 0 aromatic heterocycles. The van der Waals surface area contributed by atoms with Crippen molar-refractivity contribution in [2.24, 2.45) is 0 Å². The summed E-state index contributed by atoms with van der Waals surface area (Å²) in [6.07, 6.45) is 0. The van der Waals surface area contributed by atoms with Gasteiger partial charge in [0.05, 0.1) is 13.7 Å². The number of hydrogen-bond acceptors (Lipinski definition) is 6. The van der Waals surface area contributed by atoms with Crippen molar-refractivity contribution in [1.29, 1.82) is 0 Å². The molecule has 6 nitrogen and oxygen atoms in total. The number of hydrogen-bond donors (Lipinski definition) is 2. The number of benzene rings is 1. The van der Waals surface area contributed by atoms with Gasteiger partial charge in [-0.2, -0.15) is 0 Å². The minimum atomic E-state index is -1.58. The Balaban J connectivity index is 2.00. The van der Waals surface area contributed by atoms with Crippen LogP contribution < -0.4 is 14.8 Å². The van der Waals surface area contributed by atoms with Crippen LogP contribution in [0.15, 0.2) is 18.2 Å². The fourth-order valence-electron chi connectivity index (χ4n) is 1.57. The van der Waals surface area contributed by atoms with E-state index in [4.69, 9.17) is 9.47 Å². The van der Waals surface area contributed by atoms with E-state index in [0.717, 1.165) is 5.69 Å². The minimum absolute atomic E-state index is 0.0410. The van der Waals surface area contributed by atoms with Crippen molar-refractivity contribution >= 4 is 11.7 Å². The molecule has 1 unspecified atom stereocenters. The quantitative estimate of drug-likeness (QED) is 0.771. The van der Waals surface area contributed by atoms with Gasteiger partial charge in [0.15, 0.2) is 17.1 Å². The molecule has 1 heterocycles. The first kappa shape index (κ1) is 12.5. The van der Waals surface area contributed by atoms with E-state index in [1.54, 1.807) is 18.2 Å². The van der Waals surface area contributed by atoms with E-state index >= 15 is 0 Å². The predicted octanol–water partition coefficient (Wildman–Crippen LogP) is 0.751. The second-order valence-corrected chi connectivity index (χ2v) is 4.19. The Kier molecular flexibility index (Phi) is 3.29. The molecular formula is C12H15NO5. The highest BCUT2D eigenvalue weighted by Gasteiger charge is 2.31. The van der Waals surface area contributed by atoms with Crippen molar-refractivity contribution in [1.82, 2.24) is 0 Å². The van der Waals surface area contributed by atoms with Gasteiger partial charge < -0.3 is 24.6 Å². The molecule has 1 aromatic rings. The first-order valence-corrected chi connectivity index (χ1v) is 5.47. The van der Waals surface area contributed by atoms with Gasteiger partial charge in [-0.15, -0.1) is 0 Å². The number of anilines is 1. The second-order valence-electron chi connectivity index (χ2n) is 4.19. The molecule has 0 saturated heterocycles. The normalized spacial score (nSPS) is 15.9. The average Bonchev–Trinajstić information content (AvgIpc) is 2.82. The van der Waals surface area contributed by atoms with Crippen LogP contribution in [0, 0.1) is 0 Å². The molecule has 2 N–H and O–H groups in total. The van der Waals surface area contributed by atoms with E-state index in [0.29, 0.717) is 11.5 Å². The molecule has 1 aliphatic rings. The second kappa shape index (κ2) is 4.73. The summed E-state index contributed by atoms with van der Waals surface area (Å²) in [6, 6.07) is 5.29. The highest BCUT2D eigenvalue weighted by atomic mass is 16.7. The van der Waals surface area contributed by atoms with Gasteiger partial charge in [0, 0.05) is 11.8 Å². The van der Waals surface area contributed by atoms with Crippen LogP contribution in [0.4, 0.5) is 5.69 Å². The van der Waals surface area contributed by atoms with Gasteiger partial charge >= 0.3 is 5.97 Å². The van der Waals surface area contributed by atoms with E-state index in [1.807, 2.05) is 0 Å². The number of esters is 1. The number of rotatable bonds is 4. The zero-order valence-corrected chi connectivity index (χ0v) is 10.2. The van der Waals surface area contributed by atoms with Crippen molar-refractivity contribution in [3.63, 3.8) is 0 Å². The van der Waals surface area contributed by atoms with Crippen LogP contribution in [0.1, 0.15) is 6.92 Å². The maximum atomic E-state index is 11.3. The van der Waals surface area contributed by atoms with E-state index in [-0.39, 0.29) is 13.3 Å². The smallest absolute Gasteiger partial charge is 0.339 e. The van der Waals surface area contributed by atoms with Crippen LogP contribution in [-0.4, -0.2) is 37.1 Å². The van der Waals surface area contributed by atoms with Crippen LogP contribution in [0.25, 0.3) is 0 Å². The summed E-state index contributed by atoms with van der Waals surface area (Å²) in [5.74, 6) is 0.633. The van der Waals surface area contributed by atoms with Crippen LogP contribution >= 0.6 is 0 Å². The van der Waals surface area contributed by atoms with Crippen molar-refractivity contribution in [2.45, 2.75) is 12.5 Å². The summed E-state index contributed by atoms with van der Waals surface area (Å²) in [7, 11) is 1.23. The lowest BCUT2D eigenvalue weighted by Crippen LogP contribution is -2.42. The van der Waals surface area contributed by atoms with E-state index in [2.05, 4.69) is 10.1 Å². The summed E-state index contributed by atoms with van der Waals surface area (Å²) < 4.78 is 14.9. The lowest BCUT2D eigenvalue weighted by Gasteiger charge is -2.21. The molecule has 0 radical (unpaired) electrons. The molecule has 6 heteroatoms. The SMILES string of the molecule is COC(=O)C(C)(O)CNc1ccc2c(c1)OCO2. The van der Waals surface area contributed by atoms with E-state index in [1.165, 1.54) is 14.0 Å². The van der Waals surface area contributed by atoms with Gasteiger partial charge in [-0.1, -0.05) is 0 Å². The number of nitrogens with one attached hydrogen (secondary N) is 1. The Morgan fingerprint density at radius 1 is 1.50 bits per heavy atom. The van der Waals surface area contributed by atoms with Crippen LogP contribution in [-0.2, 0) is 9.53 Å². The van der Waals surface area contributed by atoms with Crippen LogP contribution in [0.5, 0.6) is 11.5 Å². The van der Waals surface area contributed by atoms with E-state index in [9.17, 15) is 9.90 Å². The third-order valence-corrected chi connectivity index (χ3v) is 2.63. The molecule has 0 saturated carbocycles. The Hall–Kier alpha value is -1.95. The number of carbonyl (C=O) groups is 1. The fourth-order valence-corrected chi connectivity index (χ4v) is 1.57. The third kappa shape index (κ3) is 2.48. The van der Waals surface area contributed by atoms with Gasteiger partial charge in [0.25, 0.3) is 0 Å². The largest absolute Gasteiger partial charge is 0.467 e. The zero-order valence-electron chi connectivity index (χ0n) is 10.2. The standard InChI is InChI=1S/C12H15NO5/c1-12(15,11(14)16-2)6-13-8-3-4-9-10(5-8)18-7-17-9/h3-5,13,15H,6-7H2,1-2H3. The first-order chi connectivity index (χ1) is 8.53. The molecule has 18 heavy (non-hydrogen) atoms. The molecule has 1 atom stereocenters. The third-order valence-electron chi connectivity index (χ3n) is 2.63. The van der Waals surface area contributed by atoms with Gasteiger partial charge in [0.1, 0.15) is 0 Å². The Labute approximate surface area is 104 Å². The maximum absolute atomic E-state index is 11.3. The van der Waals surface area contributed by atoms with Crippen molar-refractivity contribution in [3.8, 4) is 11.5 Å². The van der Waals surface area contributed by atoms with Crippen molar-refractivity contribution < 1.29 is 24.1 Å². The van der Waals surface area contributed by atoms with Gasteiger partial charge in [-0.25, -0.2) is 4.79 Å². The number of carbonyl (C=O) groups excluding carboxylic acids is 1. The number of fused-ring (bicyclic) bond motifs is 1. The first-order valence-electron chi connectivity index (χ1n) is 5.47. The number of methoxy groups -OCH3 is 1. The molecule has 1 aromatic carbocycles. The van der Waals surface area contributed by atoms with Crippen molar-refractivity contribution in [3.05, 3.63) is 18.2 Å². The van der Waals surface area contributed by atoms with Gasteiger partial charge in [-0.05, 0) is 19.1 Å². The number of aliphatic hydroxyl groups is 1. The monoisotopic (exact) mass is 253 g/mol. The molecule has 1 aliphatic heterocycles. The molecule has 0 amide bonds. The lowest BCUT2D eigenvalue weighted by molar-refractivity contribution is -0.158. The van der Waals surface area contributed by atoms with E-state index < -0.39 is 11.6 Å². The highest BCUT2D eigenvalue weighted by Crippen LogP contribution is 2.34. The summed E-state index contributed by atoms with van der Waals surface area (Å²) in [4.78, 5) is 11.3. The predicted molar refractivity (Wildman–Crippen MR) is 63.7 cm³/mol. The van der Waals surface area contributed by atoms with Gasteiger partial charge in [-0.3, -0.25) is 0 Å². The fraction of sp³-hybridized carbons (Fsp3) is 0.417. The molecular weight excluding hydrogens is 238 g/mol. The molecule has 98 valence electrons. The Morgan fingerprint density at radius 2 is 2.22 bits per heavy atom. The molecule has 0 spiro atoms. The Bertz CT molecular complexity index is 458. The minimum Gasteiger partial charge on any atom is -0.467 e. The molecule has 0 bridgehead atoms. The lowest BCUT2D eigenvalue weighted by atomic mass is 10.1. The van der Waals surface area contributed by atoms with Crippen molar-refractivity contribution in [2.75, 3.05) is 25.8 Å². The Morgan fingerprint density at radius 3 is 2.94 bits per heavy atom. The summed E-state index contributed by atoms with van der Waals surface area (Å²) in [6.45, 7) is 1.64. The highest BCUT2D eigenvalue weighted by molar-refractivity contribution is 5.79. The summed E-state index contributed by atoms with van der Waals surface area (Å²) in [5, 5.41) is 12.8. The average molecular weight is 253 g/mol. The maximum Gasteiger partial charge on any atom is 0.339 e. The molecule has 2 rings (SSSR count). The van der Waals surface area contributed by atoms with Crippen LogP contribution in [0.3, 0.4) is 0 Å². The van der Waals surface area contributed by atoms with Crippen LogP contribution in [0.2, 0.25) is 0 Å². The zero-order chi connectivity index (χ0) is 13.2. The summed E-state index contributed by atoms with van der Waals surface area (Å²) >= 11 is 0. The van der Waals surface area contributed by atoms with Gasteiger partial charge in [0.2, 0.25) is 6.79 Å². The summed E-state index contributed by atoms with van der Waals surface area (Å²) in [5.41, 5.74) is -0.853. The topological polar surface area (TPSA) is 77.0 Å². The number of ether oxygens (including phenoxy) is 3. The molecule has 0 aliphatic carbocycles.